The average molecular weight is 220 g/mol. The van der Waals surface area contributed by atoms with Crippen molar-refractivity contribution in [2.75, 3.05) is 19.0 Å². The predicted octanol–water partition coefficient (Wildman–Crippen LogP) is 0.739. The van der Waals surface area contributed by atoms with Crippen LogP contribution in [0, 0.1) is 0 Å². The van der Waals surface area contributed by atoms with Gasteiger partial charge in [-0.05, 0) is 19.9 Å². The molecule has 1 heterocycles. The Kier molecular flexibility index (Phi) is 4.10. The molecule has 0 aromatic heterocycles. The summed E-state index contributed by atoms with van der Waals surface area (Å²) in [6.45, 7) is 4.93. The molecule has 1 aliphatic heterocycles. The summed E-state index contributed by atoms with van der Waals surface area (Å²) in [7, 11) is -3.01. The van der Waals surface area contributed by atoms with Crippen LogP contribution in [-0.4, -0.2) is 39.6 Å². The number of hydrogen-bond donors (Lipinski definition) is 0. The van der Waals surface area contributed by atoms with Crippen LogP contribution in [0.1, 0.15) is 13.8 Å². The molecule has 5 heteroatoms. The summed E-state index contributed by atoms with van der Waals surface area (Å²) >= 11 is 0. The van der Waals surface area contributed by atoms with E-state index in [0.29, 0.717) is 13.2 Å². The van der Waals surface area contributed by atoms with Crippen molar-refractivity contribution in [1.29, 1.82) is 0 Å². The SMILES string of the molecule is CCOCC(C)OC1C=CS(=O)(=O)C1. The number of hydrogen-bond acceptors (Lipinski definition) is 4. The largest absolute Gasteiger partial charge is 0.379 e. The number of ether oxygens (including phenoxy) is 2. The van der Waals surface area contributed by atoms with Crippen LogP contribution in [0.4, 0.5) is 0 Å². The highest BCUT2D eigenvalue weighted by molar-refractivity contribution is 7.94. The van der Waals surface area contributed by atoms with Gasteiger partial charge in [-0.25, -0.2) is 8.42 Å². The Balaban J connectivity index is 2.30. The van der Waals surface area contributed by atoms with Crippen molar-refractivity contribution in [2.24, 2.45) is 0 Å². The Morgan fingerprint density at radius 2 is 2.29 bits per heavy atom. The molecule has 0 spiro atoms. The van der Waals surface area contributed by atoms with Gasteiger partial charge in [-0.3, -0.25) is 0 Å². The van der Waals surface area contributed by atoms with Crippen molar-refractivity contribution in [3.8, 4) is 0 Å². The summed E-state index contributed by atoms with van der Waals surface area (Å²) in [6, 6.07) is 0. The molecule has 0 radical (unpaired) electrons. The van der Waals surface area contributed by atoms with Crippen LogP contribution in [0.15, 0.2) is 11.5 Å². The summed E-state index contributed by atoms with van der Waals surface area (Å²) in [5.74, 6) is 0.0590. The van der Waals surface area contributed by atoms with Gasteiger partial charge < -0.3 is 9.47 Å². The van der Waals surface area contributed by atoms with Crippen LogP contribution in [-0.2, 0) is 19.3 Å². The maximum Gasteiger partial charge on any atom is 0.174 e. The Bertz CT molecular complexity index is 294. The normalized spacial score (nSPS) is 26.6. The van der Waals surface area contributed by atoms with E-state index in [0.717, 1.165) is 0 Å². The van der Waals surface area contributed by atoms with Gasteiger partial charge in [-0.15, -0.1) is 0 Å². The molecule has 1 aliphatic rings. The molecule has 0 amide bonds. The molecular formula is C9H16O4S. The average Bonchev–Trinajstić information content (AvgIpc) is 2.42. The van der Waals surface area contributed by atoms with Crippen molar-refractivity contribution in [1.82, 2.24) is 0 Å². The van der Waals surface area contributed by atoms with Crippen molar-refractivity contribution in [3.05, 3.63) is 11.5 Å². The number of rotatable bonds is 5. The van der Waals surface area contributed by atoms with Crippen molar-refractivity contribution < 1.29 is 17.9 Å². The number of sulfone groups is 1. The standard InChI is InChI=1S/C9H16O4S/c1-3-12-6-8(2)13-9-4-5-14(10,11)7-9/h4-5,8-9H,3,6-7H2,1-2H3. The maximum atomic E-state index is 11.0. The summed E-state index contributed by atoms with van der Waals surface area (Å²) in [5, 5.41) is 1.21. The van der Waals surface area contributed by atoms with Crippen molar-refractivity contribution in [3.63, 3.8) is 0 Å². The third-order valence-corrected chi connectivity index (χ3v) is 3.23. The Morgan fingerprint density at radius 3 is 2.79 bits per heavy atom. The molecule has 2 unspecified atom stereocenters. The monoisotopic (exact) mass is 220 g/mol. The zero-order chi connectivity index (χ0) is 10.6. The lowest BCUT2D eigenvalue weighted by molar-refractivity contribution is -0.0207. The molecule has 0 aromatic rings. The molecule has 14 heavy (non-hydrogen) atoms. The Hall–Kier alpha value is -0.390. The Morgan fingerprint density at radius 1 is 1.57 bits per heavy atom. The summed E-state index contributed by atoms with van der Waals surface area (Å²) in [6.07, 6.45) is 1.20. The predicted molar refractivity (Wildman–Crippen MR) is 53.8 cm³/mol. The second-order valence-corrected chi connectivity index (χ2v) is 5.23. The molecule has 0 fully saturated rings. The molecule has 1 rings (SSSR count). The molecule has 0 bridgehead atoms. The van der Waals surface area contributed by atoms with Crippen LogP contribution in [0.2, 0.25) is 0 Å². The zero-order valence-electron chi connectivity index (χ0n) is 8.47. The fraction of sp³-hybridized carbons (Fsp3) is 0.778. The molecule has 2 atom stereocenters. The summed E-state index contributed by atoms with van der Waals surface area (Å²) in [4.78, 5) is 0. The van der Waals surface area contributed by atoms with E-state index in [4.69, 9.17) is 9.47 Å². The molecule has 4 nitrogen and oxygen atoms in total. The molecule has 0 N–H and O–H groups in total. The third-order valence-electron chi connectivity index (χ3n) is 1.86. The zero-order valence-corrected chi connectivity index (χ0v) is 9.29. The minimum absolute atomic E-state index is 0.0590. The summed E-state index contributed by atoms with van der Waals surface area (Å²) in [5.41, 5.74) is 0. The maximum absolute atomic E-state index is 11.0. The van der Waals surface area contributed by atoms with Gasteiger partial charge in [0.1, 0.15) is 0 Å². The quantitative estimate of drug-likeness (QED) is 0.685. The molecule has 0 saturated carbocycles. The fourth-order valence-corrected chi connectivity index (χ4v) is 2.43. The lowest BCUT2D eigenvalue weighted by Gasteiger charge is -2.16. The topological polar surface area (TPSA) is 52.6 Å². The van der Waals surface area contributed by atoms with Gasteiger partial charge in [0, 0.05) is 12.0 Å². The van der Waals surface area contributed by atoms with E-state index in [1.54, 1.807) is 6.08 Å². The first-order valence-electron chi connectivity index (χ1n) is 4.67. The van der Waals surface area contributed by atoms with Crippen LogP contribution in [0.25, 0.3) is 0 Å². The molecule has 82 valence electrons. The van der Waals surface area contributed by atoms with Crippen LogP contribution >= 0.6 is 0 Å². The summed E-state index contributed by atoms with van der Waals surface area (Å²) < 4.78 is 32.7. The van der Waals surface area contributed by atoms with E-state index in [2.05, 4.69) is 0 Å². The fourth-order valence-electron chi connectivity index (χ4n) is 1.25. The smallest absolute Gasteiger partial charge is 0.174 e. The highest BCUT2D eigenvalue weighted by Crippen LogP contribution is 2.13. The van der Waals surface area contributed by atoms with Crippen molar-refractivity contribution >= 4 is 9.84 Å². The molecule has 0 saturated heterocycles. The van der Waals surface area contributed by atoms with E-state index < -0.39 is 9.84 Å². The van der Waals surface area contributed by atoms with Gasteiger partial charge in [-0.2, -0.15) is 0 Å². The molecule has 0 aliphatic carbocycles. The van der Waals surface area contributed by atoms with Crippen LogP contribution in [0.3, 0.4) is 0 Å². The highest BCUT2D eigenvalue weighted by atomic mass is 32.2. The third kappa shape index (κ3) is 3.77. The van der Waals surface area contributed by atoms with E-state index in [1.807, 2.05) is 13.8 Å². The Labute approximate surface area is 84.8 Å². The van der Waals surface area contributed by atoms with Gasteiger partial charge in [0.2, 0.25) is 0 Å². The second kappa shape index (κ2) is 4.91. The first-order chi connectivity index (χ1) is 6.53. The highest BCUT2D eigenvalue weighted by Gasteiger charge is 2.23. The lowest BCUT2D eigenvalue weighted by atomic mass is 10.3. The van der Waals surface area contributed by atoms with Gasteiger partial charge in [0.15, 0.2) is 9.84 Å². The van der Waals surface area contributed by atoms with Gasteiger partial charge >= 0.3 is 0 Å². The van der Waals surface area contributed by atoms with Crippen LogP contribution in [0.5, 0.6) is 0 Å². The minimum atomic E-state index is -3.01. The van der Waals surface area contributed by atoms with E-state index in [1.165, 1.54) is 5.41 Å². The molecular weight excluding hydrogens is 204 g/mol. The minimum Gasteiger partial charge on any atom is -0.379 e. The van der Waals surface area contributed by atoms with Gasteiger partial charge in [0.05, 0.1) is 24.6 Å². The van der Waals surface area contributed by atoms with Crippen LogP contribution < -0.4 is 0 Å². The van der Waals surface area contributed by atoms with Gasteiger partial charge in [0.25, 0.3) is 0 Å². The van der Waals surface area contributed by atoms with E-state index in [-0.39, 0.29) is 18.0 Å². The molecule has 0 aromatic carbocycles. The lowest BCUT2D eigenvalue weighted by Crippen LogP contribution is -2.24. The van der Waals surface area contributed by atoms with E-state index in [9.17, 15) is 8.42 Å². The first kappa shape index (κ1) is 11.7. The van der Waals surface area contributed by atoms with Crippen molar-refractivity contribution in [2.45, 2.75) is 26.1 Å². The van der Waals surface area contributed by atoms with E-state index >= 15 is 0 Å². The second-order valence-electron chi connectivity index (χ2n) is 3.30. The van der Waals surface area contributed by atoms with Gasteiger partial charge in [-0.1, -0.05) is 0 Å². The first-order valence-corrected chi connectivity index (χ1v) is 6.39.